The summed E-state index contributed by atoms with van der Waals surface area (Å²) in [6.07, 6.45) is 3.54. The Labute approximate surface area is 142 Å². The molecule has 2 atom stereocenters. The van der Waals surface area contributed by atoms with Gasteiger partial charge in [0, 0.05) is 6.54 Å². The molecule has 4 heteroatoms. The fraction of sp³-hybridized carbons (Fsp3) is 0.250. The zero-order chi connectivity index (χ0) is 16.8. The molecule has 0 spiro atoms. The van der Waals surface area contributed by atoms with Crippen molar-refractivity contribution < 1.29 is 9.90 Å². The number of hydrogen-bond donors (Lipinski definition) is 2. The minimum atomic E-state index is -0.577. The molecule has 0 bridgehead atoms. The van der Waals surface area contributed by atoms with Gasteiger partial charge in [-0.15, -0.1) is 0 Å². The molecule has 0 aliphatic carbocycles. The monoisotopic (exact) mass is 322 g/mol. The number of carbonyl (C=O) groups excluding carboxylic acids is 1. The zero-order valence-corrected chi connectivity index (χ0v) is 13.5. The van der Waals surface area contributed by atoms with E-state index in [4.69, 9.17) is 0 Å². The molecule has 24 heavy (non-hydrogen) atoms. The number of aliphatic hydroxyl groups is 1. The van der Waals surface area contributed by atoms with Crippen LogP contribution in [-0.2, 0) is 11.2 Å². The van der Waals surface area contributed by atoms with E-state index in [0.717, 1.165) is 11.1 Å². The number of nitrogens with one attached hydrogen (secondary N) is 1. The zero-order valence-electron chi connectivity index (χ0n) is 13.5. The highest BCUT2D eigenvalue weighted by Gasteiger charge is 2.28. The van der Waals surface area contributed by atoms with Crippen LogP contribution in [0, 0.1) is 0 Å². The van der Waals surface area contributed by atoms with Crippen molar-refractivity contribution in [3.05, 3.63) is 83.9 Å². The molecule has 1 aliphatic rings. The molecule has 1 aliphatic heterocycles. The Morgan fingerprint density at radius 2 is 1.75 bits per heavy atom. The summed E-state index contributed by atoms with van der Waals surface area (Å²) in [5.41, 5.74) is 2.04. The van der Waals surface area contributed by atoms with Gasteiger partial charge in [0.2, 0.25) is 5.91 Å². The van der Waals surface area contributed by atoms with E-state index in [1.807, 2.05) is 72.8 Å². The maximum Gasteiger partial charge on any atom is 0.225 e. The van der Waals surface area contributed by atoms with Crippen LogP contribution in [0.25, 0.3) is 0 Å². The van der Waals surface area contributed by atoms with Crippen LogP contribution in [0.4, 0.5) is 0 Å². The van der Waals surface area contributed by atoms with Gasteiger partial charge in [-0.3, -0.25) is 9.69 Å². The summed E-state index contributed by atoms with van der Waals surface area (Å²) in [5.74, 6) is -0.0166. The van der Waals surface area contributed by atoms with E-state index >= 15 is 0 Å². The van der Waals surface area contributed by atoms with Gasteiger partial charge in [0.15, 0.2) is 0 Å². The average molecular weight is 322 g/mol. The van der Waals surface area contributed by atoms with Crippen LogP contribution in [0.2, 0.25) is 0 Å². The highest BCUT2D eigenvalue weighted by atomic mass is 16.3. The van der Waals surface area contributed by atoms with Crippen LogP contribution in [0.15, 0.2) is 72.8 Å². The van der Waals surface area contributed by atoms with Gasteiger partial charge in [0.25, 0.3) is 0 Å². The van der Waals surface area contributed by atoms with Crippen LogP contribution in [-0.4, -0.2) is 35.2 Å². The number of benzene rings is 2. The third-order valence-corrected chi connectivity index (χ3v) is 4.22. The first-order valence-corrected chi connectivity index (χ1v) is 8.18. The minimum absolute atomic E-state index is 0.0166. The lowest BCUT2D eigenvalue weighted by atomic mass is 9.97. The van der Waals surface area contributed by atoms with Gasteiger partial charge in [0.1, 0.15) is 0 Å². The van der Waals surface area contributed by atoms with Crippen LogP contribution in [0.5, 0.6) is 0 Å². The molecule has 0 saturated heterocycles. The first-order valence-electron chi connectivity index (χ1n) is 8.18. The van der Waals surface area contributed by atoms with Crippen LogP contribution in [0.3, 0.4) is 0 Å². The van der Waals surface area contributed by atoms with Crippen molar-refractivity contribution in [2.24, 2.45) is 0 Å². The summed E-state index contributed by atoms with van der Waals surface area (Å²) in [5, 5.41) is 13.3. The molecule has 1 amide bonds. The summed E-state index contributed by atoms with van der Waals surface area (Å²) in [6, 6.07) is 19.4. The Bertz CT molecular complexity index is 685. The van der Waals surface area contributed by atoms with E-state index in [2.05, 4.69) is 10.2 Å². The van der Waals surface area contributed by atoms with Gasteiger partial charge in [-0.05, 0) is 11.1 Å². The highest BCUT2D eigenvalue weighted by molar-refractivity contribution is 5.78. The predicted octanol–water partition coefficient (Wildman–Crippen LogP) is 2.28. The lowest BCUT2D eigenvalue weighted by molar-refractivity contribution is -0.121. The first-order chi connectivity index (χ1) is 11.7. The van der Waals surface area contributed by atoms with Crippen molar-refractivity contribution >= 4 is 5.91 Å². The van der Waals surface area contributed by atoms with E-state index < -0.39 is 6.10 Å². The fourth-order valence-corrected chi connectivity index (χ4v) is 3.03. The van der Waals surface area contributed by atoms with Crippen molar-refractivity contribution in [2.75, 3.05) is 13.2 Å². The van der Waals surface area contributed by atoms with Gasteiger partial charge in [0.05, 0.1) is 25.2 Å². The Balaban J connectivity index is 1.62. The quantitative estimate of drug-likeness (QED) is 0.831. The van der Waals surface area contributed by atoms with E-state index in [-0.39, 0.29) is 11.9 Å². The summed E-state index contributed by atoms with van der Waals surface area (Å²) < 4.78 is 0. The maximum absolute atomic E-state index is 12.2. The fourth-order valence-electron chi connectivity index (χ4n) is 3.03. The summed E-state index contributed by atoms with van der Waals surface area (Å²) in [7, 11) is 0. The lowest BCUT2D eigenvalue weighted by Gasteiger charge is -2.36. The van der Waals surface area contributed by atoms with E-state index in [1.165, 1.54) is 0 Å². The number of rotatable bonds is 5. The van der Waals surface area contributed by atoms with Crippen molar-refractivity contribution in [1.29, 1.82) is 0 Å². The van der Waals surface area contributed by atoms with Crippen molar-refractivity contribution in [3.63, 3.8) is 0 Å². The minimum Gasteiger partial charge on any atom is -0.387 e. The van der Waals surface area contributed by atoms with Crippen LogP contribution < -0.4 is 5.32 Å². The van der Waals surface area contributed by atoms with Gasteiger partial charge < -0.3 is 10.4 Å². The largest absolute Gasteiger partial charge is 0.387 e. The van der Waals surface area contributed by atoms with Crippen LogP contribution in [0.1, 0.15) is 17.2 Å². The number of aliphatic hydroxyl groups excluding tert-OH is 1. The Morgan fingerprint density at radius 3 is 2.46 bits per heavy atom. The van der Waals surface area contributed by atoms with Gasteiger partial charge in [-0.2, -0.15) is 0 Å². The standard InChI is InChI=1S/C20H22N2O2/c23-18-12-7-13-22(20(18)17-10-5-2-6-11-17)15-21-19(24)14-16-8-3-1-4-9-16/h1-12,18,20,23H,13-15H2,(H,21,24)/t18-,20+/m0/s1. The second kappa shape index (κ2) is 7.90. The normalized spacial score (nSPS) is 20.7. The molecule has 2 aromatic carbocycles. The molecule has 0 saturated carbocycles. The maximum atomic E-state index is 12.2. The highest BCUT2D eigenvalue weighted by Crippen LogP contribution is 2.27. The smallest absolute Gasteiger partial charge is 0.225 e. The van der Waals surface area contributed by atoms with Gasteiger partial charge in [-0.1, -0.05) is 72.8 Å². The summed E-state index contributed by atoms with van der Waals surface area (Å²) >= 11 is 0. The first kappa shape index (κ1) is 16.4. The molecular weight excluding hydrogens is 300 g/mol. The second-order valence-corrected chi connectivity index (χ2v) is 5.97. The van der Waals surface area contributed by atoms with Crippen molar-refractivity contribution in [2.45, 2.75) is 18.6 Å². The lowest BCUT2D eigenvalue weighted by Crippen LogP contribution is -2.45. The molecule has 4 nitrogen and oxygen atoms in total. The molecule has 2 aromatic rings. The molecule has 2 N–H and O–H groups in total. The average Bonchev–Trinajstić information content (AvgIpc) is 2.61. The third kappa shape index (κ3) is 4.10. The van der Waals surface area contributed by atoms with Gasteiger partial charge >= 0.3 is 0 Å². The molecular formula is C20H22N2O2. The summed E-state index contributed by atoms with van der Waals surface area (Å²) in [4.78, 5) is 14.2. The topological polar surface area (TPSA) is 52.6 Å². The van der Waals surface area contributed by atoms with E-state index in [0.29, 0.717) is 19.6 Å². The SMILES string of the molecule is O=C(Cc1ccccc1)NCN1CC=C[C@H](O)[C@H]1c1ccccc1. The molecule has 0 radical (unpaired) electrons. The number of nitrogens with zero attached hydrogens (tertiary/aromatic N) is 1. The van der Waals surface area contributed by atoms with E-state index in [9.17, 15) is 9.90 Å². The number of amides is 1. The molecule has 124 valence electrons. The van der Waals surface area contributed by atoms with E-state index in [1.54, 1.807) is 0 Å². The Morgan fingerprint density at radius 1 is 1.08 bits per heavy atom. The van der Waals surface area contributed by atoms with Crippen molar-refractivity contribution in [3.8, 4) is 0 Å². The molecule has 0 fully saturated rings. The second-order valence-electron chi connectivity index (χ2n) is 5.97. The Hall–Kier alpha value is -2.43. The van der Waals surface area contributed by atoms with Crippen molar-refractivity contribution in [1.82, 2.24) is 10.2 Å². The molecule has 3 rings (SSSR count). The summed E-state index contributed by atoms with van der Waals surface area (Å²) in [6.45, 7) is 1.11. The number of carbonyl (C=O) groups is 1. The predicted molar refractivity (Wildman–Crippen MR) is 94.2 cm³/mol. The molecule has 0 unspecified atom stereocenters. The molecule has 0 aromatic heterocycles. The van der Waals surface area contributed by atoms with Gasteiger partial charge in [-0.25, -0.2) is 0 Å². The van der Waals surface area contributed by atoms with Crippen LogP contribution >= 0.6 is 0 Å². The Kier molecular flexibility index (Phi) is 5.41. The molecule has 1 heterocycles. The third-order valence-electron chi connectivity index (χ3n) is 4.22. The number of hydrogen-bond acceptors (Lipinski definition) is 3.